The Bertz CT molecular complexity index is 911. The summed E-state index contributed by atoms with van der Waals surface area (Å²) in [5.74, 6) is 1.50. The number of hydrogen-bond acceptors (Lipinski definition) is 2. The second-order valence-corrected chi connectivity index (χ2v) is 7.19. The summed E-state index contributed by atoms with van der Waals surface area (Å²) >= 11 is 0. The van der Waals surface area contributed by atoms with Crippen molar-refractivity contribution in [3.8, 4) is 0 Å². The minimum Gasteiger partial charge on any atom is -0.357 e. The molecule has 1 aliphatic rings. The Morgan fingerprint density at radius 2 is 1.59 bits per heavy atom. The van der Waals surface area contributed by atoms with Crippen LogP contribution < -0.4 is 4.90 Å². The quantitative estimate of drug-likeness (QED) is 0.587. The van der Waals surface area contributed by atoms with Crippen LogP contribution in [0, 0.1) is 5.92 Å². The second kappa shape index (κ2) is 7.22. The van der Waals surface area contributed by atoms with Gasteiger partial charge in [-0.05, 0) is 61.1 Å². The Morgan fingerprint density at radius 3 is 2.30 bits per heavy atom. The van der Waals surface area contributed by atoms with Gasteiger partial charge in [-0.15, -0.1) is 0 Å². The number of hydrogen-bond donors (Lipinski definition) is 0. The lowest BCUT2D eigenvalue weighted by Crippen LogP contribution is -2.34. The molecular weight excluding hydrogens is 349 g/mol. The van der Waals surface area contributed by atoms with E-state index in [0.29, 0.717) is 5.92 Å². The van der Waals surface area contributed by atoms with Crippen molar-refractivity contribution in [3.63, 3.8) is 0 Å². The van der Waals surface area contributed by atoms with Gasteiger partial charge < -0.3 is 4.90 Å². The molecule has 0 aliphatic carbocycles. The summed E-state index contributed by atoms with van der Waals surface area (Å²) in [5, 5.41) is 1.14. The zero-order chi connectivity index (χ0) is 18.9. The van der Waals surface area contributed by atoms with Gasteiger partial charge >= 0.3 is 6.18 Å². The summed E-state index contributed by atoms with van der Waals surface area (Å²) in [5.41, 5.74) is 1.40. The number of alkyl halides is 3. The van der Waals surface area contributed by atoms with Crippen LogP contribution in [-0.2, 0) is 12.6 Å². The van der Waals surface area contributed by atoms with Gasteiger partial charge in [-0.2, -0.15) is 13.2 Å². The molecule has 27 heavy (non-hydrogen) atoms. The van der Waals surface area contributed by atoms with Gasteiger partial charge in [-0.3, -0.25) is 0 Å². The molecule has 0 bridgehead atoms. The number of piperidine rings is 1. The third-order valence-corrected chi connectivity index (χ3v) is 5.33. The molecule has 1 aliphatic heterocycles. The van der Waals surface area contributed by atoms with Crippen LogP contribution in [-0.4, -0.2) is 18.1 Å². The minimum atomic E-state index is -4.27. The topological polar surface area (TPSA) is 16.1 Å². The summed E-state index contributed by atoms with van der Waals surface area (Å²) in [4.78, 5) is 7.06. The van der Waals surface area contributed by atoms with Gasteiger partial charge in [0.1, 0.15) is 5.82 Å². The van der Waals surface area contributed by atoms with E-state index in [1.807, 2.05) is 18.2 Å². The van der Waals surface area contributed by atoms with Crippen LogP contribution >= 0.6 is 0 Å². The van der Waals surface area contributed by atoms with Crippen LogP contribution in [0.4, 0.5) is 19.0 Å². The lowest BCUT2D eigenvalue weighted by Gasteiger charge is -2.33. The van der Waals surface area contributed by atoms with Crippen LogP contribution in [0.15, 0.2) is 60.7 Å². The first-order chi connectivity index (χ1) is 13.0. The van der Waals surface area contributed by atoms with Crippen LogP contribution in [0.3, 0.4) is 0 Å². The highest BCUT2D eigenvalue weighted by molar-refractivity contribution is 5.80. The number of rotatable bonds is 3. The minimum absolute atomic E-state index is 0.499. The van der Waals surface area contributed by atoms with Crippen molar-refractivity contribution in [2.24, 2.45) is 5.92 Å². The standard InChI is InChI=1S/C22H21F3N2/c23-22(24,25)19-8-5-16(6-9-19)15-17-11-13-27(14-12-17)21-10-7-18-3-1-2-4-20(18)26-21/h1-10,17H,11-15H2. The van der Waals surface area contributed by atoms with Gasteiger partial charge in [0.2, 0.25) is 0 Å². The maximum atomic E-state index is 12.7. The first kappa shape index (κ1) is 17.8. The van der Waals surface area contributed by atoms with Gasteiger partial charge in [0.25, 0.3) is 0 Å². The van der Waals surface area contributed by atoms with E-state index in [-0.39, 0.29) is 0 Å². The van der Waals surface area contributed by atoms with Crippen LogP contribution in [0.1, 0.15) is 24.0 Å². The predicted octanol–water partition coefficient (Wildman–Crippen LogP) is 5.71. The van der Waals surface area contributed by atoms with Crippen molar-refractivity contribution in [1.82, 2.24) is 4.98 Å². The van der Waals surface area contributed by atoms with E-state index in [2.05, 4.69) is 23.1 Å². The summed E-state index contributed by atoms with van der Waals surface area (Å²) in [6.45, 7) is 1.85. The van der Waals surface area contributed by atoms with E-state index < -0.39 is 11.7 Å². The highest BCUT2D eigenvalue weighted by atomic mass is 19.4. The van der Waals surface area contributed by atoms with Gasteiger partial charge in [-0.1, -0.05) is 30.3 Å². The Hall–Kier alpha value is -2.56. The van der Waals surface area contributed by atoms with Crippen molar-refractivity contribution in [2.45, 2.75) is 25.4 Å². The average molecular weight is 370 g/mol. The number of pyridine rings is 1. The van der Waals surface area contributed by atoms with Crippen molar-refractivity contribution in [2.75, 3.05) is 18.0 Å². The normalized spacial score (nSPS) is 16.0. The molecular formula is C22H21F3N2. The van der Waals surface area contributed by atoms with Crippen LogP contribution in [0.25, 0.3) is 10.9 Å². The van der Waals surface area contributed by atoms with Gasteiger partial charge in [0.15, 0.2) is 0 Å². The number of anilines is 1. The summed E-state index contributed by atoms with van der Waals surface area (Å²) in [6, 6.07) is 17.8. The molecule has 140 valence electrons. The predicted molar refractivity (Wildman–Crippen MR) is 102 cm³/mol. The molecule has 2 heterocycles. The molecule has 1 aromatic heterocycles. The monoisotopic (exact) mass is 370 g/mol. The Kier molecular flexibility index (Phi) is 4.77. The first-order valence-corrected chi connectivity index (χ1v) is 9.26. The first-order valence-electron chi connectivity index (χ1n) is 9.26. The third-order valence-electron chi connectivity index (χ3n) is 5.33. The molecule has 0 unspecified atom stereocenters. The van der Waals surface area contributed by atoms with Crippen molar-refractivity contribution >= 4 is 16.7 Å². The smallest absolute Gasteiger partial charge is 0.357 e. The van der Waals surface area contributed by atoms with E-state index in [0.717, 1.165) is 54.6 Å². The molecule has 4 rings (SSSR count). The molecule has 2 aromatic carbocycles. The summed E-state index contributed by atoms with van der Waals surface area (Å²) < 4.78 is 38.0. The number of aromatic nitrogens is 1. The lowest BCUT2D eigenvalue weighted by atomic mass is 9.90. The fraction of sp³-hybridized carbons (Fsp3) is 0.318. The summed E-state index contributed by atoms with van der Waals surface area (Å²) in [6.07, 6.45) is -1.39. The van der Waals surface area contributed by atoms with Crippen molar-refractivity contribution < 1.29 is 13.2 Å². The van der Waals surface area contributed by atoms with Gasteiger partial charge in [-0.25, -0.2) is 4.98 Å². The second-order valence-electron chi connectivity index (χ2n) is 7.19. The Balaban J connectivity index is 1.37. The maximum absolute atomic E-state index is 12.7. The molecule has 1 saturated heterocycles. The van der Waals surface area contributed by atoms with Gasteiger partial charge in [0.05, 0.1) is 11.1 Å². The highest BCUT2D eigenvalue weighted by Crippen LogP contribution is 2.30. The Morgan fingerprint density at radius 1 is 0.889 bits per heavy atom. The van der Waals surface area contributed by atoms with Crippen LogP contribution in [0.5, 0.6) is 0 Å². The number of halogens is 3. The van der Waals surface area contributed by atoms with E-state index in [1.54, 1.807) is 12.1 Å². The molecule has 0 radical (unpaired) electrons. The SMILES string of the molecule is FC(F)(F)c1ccc(CC2CCN(c3ccc4ccccc4n3)CC2)cc1. The van der Waals surface area contributed by atoms with E-state index in [9.17, 15) is 13.2 Å². The fourth-order valence-corrected chi connectivity index (χ4v) is 3.76. The largest absolute Gasteiger partial charge is 0.416 e. The van der Waals surface area contributed by atoms with E-state index in [1.165, 1.54) is 12.1 Å². The van der Waals surface area contributed by atoms with Gasteiger partial charge in [0, 0.05) is 18.5 Å². The van der Waals surface area contributed by atoms with Crippen molar-refractivity contribution in [1.29, 1.82) is 0 Å². The van der Waals surface area contributed by atoms with Crippen molar-refractivity contribution in [3.05, 3.63) is 71.8 Å². The molecule has 3 aromatic rings. The third kappa shape index (κ3) is 4.07. The molecule has 0 saturated carbocycles. The van der Waals surface area contributed by atoms with E-state index in [4.69, 9.17) is 4.98 Å². The average Bonchev–Trinajstić information content (AvgIpc) is 2.68. The molecule has 5 heteroatoms. The zero-order valence-corrected chi connectivity index (χ0v) is 14.9. The van der Waals surface area contributed by atoms with E-state index >= 15 is 0 Å². The lowest BCUT2D eigenvalue weighted by molar-refractivity contribution is -0.137. The maximum Gasteiger partial charge on any atom is 0.416 e. The Labute approximate surface area is 156 Å². The fourth-order valence-electron chi connectivity index (χ4n) is 3.76. The number of para-hydroxylation sites is 1. The highest BCUT2D eigenvalue weighted by Gasteiger charge is 2.30. The number of benzene rings is 2. The number of fused-ring (bicyclic) bond motifs is 1. The molecule has 0 N–H and O–H groups in total. The number of nitrogens with zero attached hydrogens (tertiary/aromatic N) is 2. The summed E-state index contributed by atoms with van der Waals surface area (Å²) in [7, 11) is 0. The molecule has 2 nitrogen and oxygen atoms in total. The van der Waals surface area contributed by atoms with Crippen LogP contribution in [0.2, 0.25) is 0 Å². The molecule has 0 spiro atoms. The zero-order valence-electron chi connectivity index (χ0n) is 14.9. The molecule has 0 atom stereocenters. The molecule has 0 amide bonds. The molecule has 1 fully saturated rings.